The first kappa shape index (κ1) is 13.1. The molecule has 1 aliphatic carbocycles. The maximum absolute atomic E-state index is 12.1. The summed E-state index contributed by atoms with van der Waals surface area (Å²) in [6.07, 6.45) is 4.58. The highest BCUT2D eigenvalue weighted by atomic mass is 127. The van der Waals surface area contributed by atoms with Crippen LogP contribution in [0.25, 0.3) is 0 Å². The van der Waals surface area contributed by atoms with Gasteiger partial charge in [-0.2, -0.15) is 0 Å². The molecule has 2 N–H and O–H groups in total. The number of thioether (sulfide) groups is 1. The second kappa shape index (κ2) is 6.02. The van der Waals surface area contributed by atoms with Crippen LogP contribution in [0.4, 0.5) is 0 Å². The molecule has 0 amide bonds. The van der Waals surface area contributed by atoms with Crippen LogP contribution in [0.15, 0.2) is 0 Å². The van der Waals surface area contributed by atoms with Gasteiger partial charge in [-0.3, -0.25) is 9.69 Å². The monoisotopic (exact) mass is 354 g/mol. The van der Waals surface area contributed by atoms with Gasteiger partial charge < -0.3 is 5.73 Å². The van der Waals surface area contributed by atoms with Crippen molar-refractivity contribution in [2.45, 2.75) is 35.1 Å². The van der Waals surface area contributed by atoms with Crippen LogP contribution in [-0.2, 0) is 4.79 Å². The van der Waals surface area contributed by atoms with Crippen LogP contribution >= 0.6 is 34.4 Å². The quantitative estimate of drug-likeness (QED) is 0.621. The second-order valence-corrected chi connectivity index (χ2v) is 7.63. The number of nitrogens with zero attached hydrogens (tertiary/aromatic N) is 1. The summed E-state index contributed by atoms with van der Waals surface area (Å²) < 4.78 is 0.784. The van der Waals surface area contributed by atoms with E-state index in [1.165, 1.54) is 12.8 Å². The van der Waals surface area contributed by atoms with Crippen LogP contribution in [0.1, 0.15) is 25.7 Å². The summed E-state index contributed by atoms with van der Waals surface area (Å²) in [5.74, 6) is 1.79. The molecule has 1 saturated carbocycles. The van der Waals surface area contributed by atoms with Crippen molar-refractivity contribution in [1.82, 2.24) is 4.90 Å². The molecule has 0 aromatic rings. The van der Waals surface area contributed by atoms with Gasteiger partial charge in [-0.1, -0.05) is 22.6 Å². The Kier molecular flexibility index (Phi) is 4.93. The average Bonchev–Trinajstić information content (AvgIpc) is 2.65. The molecular weight excluding hydrogens is 335 g/mol. The Morgan fingerprint density at radius 2 is 2.06 bits per heavy atom. The van der Waals surface area contributed by atoms with Crippen LogP contribution in [0.3, 0.4) is 0 Å². The van der Waals surface area contributed by atoms with Gasteiger partial charge in [0.1, 0.15) is 11.3 Å². The third-order valence-electron chi connectivity index (χ3n) is 3.50. The molecule has 16 heavy (non-hydrogen) atoms. The summed E-state index contributed by atoms with van der Waals surface area (Å²) in [4.78, 5) is 14.2. The summed E-state index contributed by atoms with van der Waals surface area (Å²) in [6.45, 7) is 1.55. The predicted octanol–water partition coefficient (Wildman–Crippen LogP) is 1.84. The maximum atomic E-state index is 12.1. The van der Waals surface area contributed by atoms with Gasteiger partial charge in [-0.25, -0.2) is 0 Å². The highest BCUT2D eigenvalue weighted by Gasteiger charge is 2.29. The number of Topliss-reactive ketones (excluding diaryl/α,β-unsaturated/α-hetero) is 1. The maximum Gasteiger partial charge on any atom is 0.149 e. The van der Waals surface area contributed by atoms with E-state index < -0.39 is 0 Å². The Labute approximate surface area is 115 Å². The third kappa shape index (κ3) is 3.34. The molecule has 1 saturated heterocycles. The van der Waals surface area contributed by atoms with Crippen molar-refractivity contribution in [1.29, 1.82) is 0 Å². The lowest BCUT2D eigenvalue weighted by molar-refractivity contribution is -0.124. The zero-order chi connectivity index (χ0) is 11.5. The fourth-order valence-corrected chi connectivity index (χ4v) is 4.09. The minimum absolute atomic E-state index is 0.0462. The third-order valence-corrected chi connectivity index (χ3v) is 5.80. The van der Waals surface area contributed by atoms with Crippen molar-refractivity contribution in [2.24, 2.45) is 11.7 Å². The molecular formula is C11H19IN2OS. The molecule has 5 heteroatoms. The molecule has 0 spiro atoms. The van der Waals surface area contributed by atoms with Crippen molar-refractivity contribution in [3.05, 3.63) is 0 Å². The van der Waals surface area contributed by atoms with Crippen LogP contribution in [0.2, 0.25) is 0 Å². The van der Waals surface area contributed by atoms with E-state index in [1.807, 2.05) is 0 Å². The van der Waals surface area contributed by atoms with E-state index in [4.69, 9.17) is 5.73 Å². The summed E-state index contributed by atoms with van der Waals surface area (Å²) >= 11 is 4.24. The number of nitrogens with two attached hydrogens (primary N) is 1. The van der Waals surface area contributed by atoms with Gasteiger partial charge in [0.2, 0.25) is 0 Å². The normalized spacial score (nSPS) is 36.5. The minimum Gasteiger partial charge on any atom is -0.307 e. The number of carbonyl (C=O) groups is 1. The van der Waals surface area contributed by atoms with E-state index in [9.17, 15) is 4.79 Å². The number of alkyl halides is 1. The Morgan fingerprint density at radius 3 is 2.62 bits per heavy atom. The first-order valence-electron chi connectivity index (χ1n) is 5.95. The molecule has 92 valence electrons. The molecule has 1 heterocycles. The topological polar surface area (TPSA) is 46.3 Å². The molecule has 3 nitrogen and oxygen atoms in total. The predicted molar refractivity (Wildman–Crippen MR) is 76.8 cm³/mol. The second-order valence-electron chi connectivity index (χ2n) is 4.65. The number of carbonyl (C=O) groups excluding carboxylic acids is 1. The largest absolute Gasteiger partial charge is 0.307 e. The lowest BCUT2D eigenvalue weighted by Crippen LogP contribution is -2.41. The zero-order valence-electron chi connectivity index (χ0n) is 9.40. The zero-order valence-corrected chi connectivity index (χ0v) is 12.4. The molecule has 1 unspecified atom stereocenters. The number of ketones is 1. The van der Waals surface area contributed by atoms with E-state index in [2.05, 4.69) is 27.5 Å². The van der Waals surface area contributed by atoms with Gasteiger partial charge in [0.25, 0.3) is 0 Å². The van der Waals surface area contributed by atoms with E-state index >= 15 is 0 Å². The molecule has 1 aliphatic heterocycles. The van der Waals surface area contributed by atoms with Crippen molar-refractivity contribution >= 4 is 40.1 Å². The summed E-state index contributed by atoms with van der Waals surface area (Å²) in [5, 5.41) is 0. The highest BCUT2D eigenvalue weighted by molar-refractivity contribution is 14.1. The van der Waals surface area contributed by atoms with Gasteiger partial charge in [0.15, 0.2) is 0 Å². The fraction of sp³-hybridized carbons (Fsp3) is 0.909. The molecule has 0 bridgehead atoms. The van der Waals surface area contributed by atoms with Gasteiger partial charge in [-0.15, -0.1) is 11.8 Å². The minimum atomic E-state index is 0.0462. The van der Waals surface area contributed by atoms with E-state index in [0.29, 0.717) is 18.2 Å². The van der Waals surface area contributed by atoms with Crippen LogP contribution in [0.5, 0.6) is 0 Å². The molecule has 0 aromatic heterocycles. The lowest BCUT2D eigenvalue weighted by Gasteiger charge is -2.26. The SMILES string of the molecule is NC1SCCN1CC(=O)C1CCC(I)CC1. The standard InChI is InChI=1S/C11H19IN2OS/c12-9-3-1-8(2-4-9)10(15)7-14-5-6-16-11(14)13/h8-9,11H,1-7,13H2. The number of hydrogen-bond acceptors (Lipinski definition) is 4. The van der Waals surface area contributed by atoms with Crippen molar-refractivity contribution < 1.29 is 4.79 Å². The van der Waals surface area contributed by atoms with Gasteiger partial charge in [0.05, 0.1) is 6.54 Å². The van der Waals surface area contributed by atoms with Crippen LogP contribution in [-0.4, -0.2) is 38.9 Å². The lowest BCUT2D eigenvalue weighted by atomic mass is 9.86. The highest BCUT2D eigenvalue weighted by Crippen LogP contribution is 2.30. The van der Waals surface area contributed by atoms with Crippen molar-refractivity contribution in [2.75, 3.05) is 18.8 Å². The van der Waals surface area contributed by atoms with Gasteiger partial charge >= 0.3 is 0 Å². The Bertz CT molecular complexity index is 256. The van der Waals surface area contributed by atoms with E-state index in [0.717, 1.165) is 29.1 Å². The number of rotatable bonds is 3. The Morgan fingerprint density at radius 1 is 1.38 bits per heavy atom. The number of hydrogen-bond donors (Lipinski definition) is 1. The molecule has 0 aromatic carbocycles. The fourth-order valence-electron chi connectivity index (χ4n) is 2.40. The molecule has 2 aliphatic rings. The van der Waals surface area contributed by atoms with E-state index in [1.54, 1.807) is 11.8 Å². The molecule has 1 atom stereocenters. The number of halogens is 1. The summed E-state index contributed by atoms with van der Waals surface area (Å²) in [7, 11) is 0. The van der Waals surface area contributed by atoms with Crippen LogP contribution in [0, 0.1) is 5.92 Å². The van der Waals surface area contributed by atoms with Crippen LogP contribution < -0.4 is 5.73 Å². The molecule has 2 fully saturated rings. The van der Waals surface area contributed by atoms with Crippen molar-refractivity contribution in [3.8, 4) is 0 Å². The van der Waals surface area contributed by atoms with Gasteiger partial charge in [0, 0.05) is 22.1 Å². The van der Waals surface area contributed by atoms with Gasteiger partial charge in [-0.05, 0) is 25.7 Å². The summed E-state index contributed by atoms with van der Waals surface area (Å²) in [5.41, 5.74) is 5.96. The Balaban J connectivity index is 1.79. The smallest absolute Gasteiger partial charge is 0.149 e. The first-order chi connectivity index (χ1) is 7.66. The van der Waals surface area contributed by atoms with E-state index in [-0.39, 0.29) is 5.50 Å². The average molecular weight is 354 g/mol. The first-order valence-corrected chi connectivity index (χ1v) is 8.24. The molecule has 2 rings (SSSR count). The molecule has 0 radical (unpaired) electrons. The Hall–Kier alpha value is 0.670. The van der Waals surface area contributed by atoms with Crippen molar-refractivity contribution in [3.63, 3.8) is 0 Å². The summed E-state index contributed by atoms with van der Waals surface area (Å²) in [6, 6.07) is 0.